The number of thiazole rings is 1. The lowest BCUT2D eigenvalue weighted by Gasteiger charge is -2.03. The first kappa shape index (κ1) is 20.1. The van der Waals surface area contributed by atoms with Crippen molar-refractivity contribution in [3.63, 3.8) is 0 Å². The van der Waals surface area contributed by atoms with E-state index in [4.69, 9.17) is 16.7 Å². The normalized spacial score (nSPS) is 11.4. The van der Waals surface area contributed by atoms with Crippen LogP contribution in [-0.2, 0) is 23.0 Å². The van der Waals surface area contributed by atoms with Crippen LogP contribution in [-0.4, -0.2) is 19.9 Å². The average Bonchev–Trinajstić information content (AvgIpc) is 2.93. The van der Waals surface area contributed by atoms with E-state index in [0.717, 1.165) is 22.1 Å². The summed E-state index contributed by atoms with van der Waals surface area (Å²) in [6, 6.07) is 12.7. The lowest BCUT2D eigenvalue weighted by molar-refractivity contribution is 0.599. The van der Waals surface area contributed by atoms with Crippen LogP contribution < -0.4 is 10.5 Å². The maximum Gasteiger partial charge on any atom is 0.239 e. The maximum absolute atomic E-state index is 11.6. The van der Waals surface area contributed by atoms with Gasteiger partial charge >= 0.3 is 0 Å². The van der Waals surface area contributed by atoms with E-state index in [-0.39, 0.29) is 17.3 Å². The van der Waals surface area contributed by atoms with Gasteiger partial charge in [-0.1, -0.05) is 29.8 Å². The van der Waals surface area contributed by atoms with Gasteiger partial charge in [0.2, 0.25) is 10.0 Å². The zero-order chi connectivity index (χ0) is 17.2. The van der Waals surface area contributed by atoms with Crippen molar-refractivity contribution in [3.05, 3.63) is 58.1 Å². The van der Waals surface area contributed by atoms with Crippen molar-refractivity contribution in [1.29, 1.82) is 0 Å². The Labute approximate surface area is 161 Å². The van der Waals surface area contributed by atoms with E-state index >= 15 is 0 Å². The van der Waals surface area contributed by atoms with Gasteiger partial charge < -0.3 is 5.32 Å². The number of sulfonamides is 1. The molecule has 0 fully saturated rings. The first-order valence-electron chi connectivity index (χ1n) is 7.30. The molecule has 3 N–H and O–H groups in total. The number of primary sulfonamides is 1. The fourth-order valence-corrected chi connectivity index (χ4v) is 4.66. The summed E-state index contributed by atoms with van der Waals surface area (Å²) in [6.45, 7) is 1.45. The number of aromatic nitrogens is 1. The van der Waals surface area contributed by atoms with E-state index in [9.17, 15) is 8.42 Å². The summed E-state index contributed by atoms with van der Waals surface area (Å²) in [6.07, 6.45) is 0.712. The maximum atomic E-state index is 11.6. The van der Waals surface area contributed by atoms with Gasteiger partial charge in [0.1, 0.15) is 4.90 Å². The minimum atomic E-state index is -3.74. The van der Waals surface area contributed by atoms with Crippen molar-refractivity contribution < 1.29 is 8.42 Å². The molecule has 0 spiro atoms. The Morgan fingerprint density at radius 2 is 1.96 bits per heavy atom. The van der Waals surface area contributed by atoms with Gasteiger partial charge in [-0.2, -0.15) is 0 Å². The number of nitrogens with zero attached hydrogens (tertiary/aromatic N) is 1. The highest BCUT2D eigenvalue weighted by Crippen LogP contribution is 2.28. The topological polar surface area (TPSA) is 85.1 Å². The fourth-order valence-electron chi connectivity index (χ4n) is 2.38. The molecule has 3 aromatic rings. The molecule has 0 bridgehead atoms. The Kier molecular flexibility index (Phi) is 6.79. The van der Waals surface area contributed by atoms with Gasteiger partial charge in [0, 0.05) is 24.5 Å². The van der Waals surface area contributed by atoms with Crippen LogP contribution in [0, 0.1) is 0 Å². The third-order valence-electron chi connectivity index (χ3n) is 3.46. The van der Waals surface area contributed by atoms with E-state index in [1.807, 2.05) is 24.3 Å². The SMILES string of the molecule is Cl.NS(=O)(=O)c1cccc2nc(CCNCc3cccc(Cl)c3)sc12. The summed E-state index contributed by atoms with van der Waals surface area (Å²) in [7, 11) is -3.74. The number of hydrogen-bond acceptors (Lipinski definition) is 5. The lowest BCUT2D eigenvalue weighted by atomic mass is 10.2. The Hall–Kier alpha value is -1.22. The molecule has 25 heavy (non-hydrogen) atoms. The van der Waals surface area contributed by atoms with Crippen LogP contribution in [0.25, 0.3) is 10.2 Å². The van der Waals surface area contributed by atoms with Crippen LogP contribution in [0.5, 0.6) is 0 Å². The quantitative estimate of drug-likeness (QED) is 0.602. The highest BCUT2D eigenvalue weighted by Gasteiger charge is 2.15. The second kappa shape index (κ2) is 8.44. The standard InChI is InChI=1S/C16H16ClN3O2S2.ClH/c17-12-4-1-3-11(9-12)10-19-8-7-15-20-13-5-2-6-14(16(13)23-15)24(18,21)22;/h1-6,9,19H,7-8,10H2,(H2,18,21,22);1H. The highest BCUT2D eigenvalue weighted by molar-refractivity contribution is 7.89. The third-order valence-corrected chi connectivity index (χ3v) is 5.95. The van der Waals surface area contributed by atoms with E-state index in [1.165, 1.54) is 17.4 Å². The average molecular weight is 418 g/mol. The molecule has 9 heteroatoms. The van der Waals surface area contributed by atoms with Crippen molar-refractivity contribution in [2.45, 2.75) is 17.9 Å². The van der Waals surface area contributed by atoms with Crippen LogP contribution in [0.2, 0.25) is 5.02 Å². The highest BCUT2D eigenvalue weighted by atomic mass is 35.5. The number of fused-ring (bicyclic) bond motifs is 1. The molecule has 1 heterocycles. The summed E-state index contributed by atoms with van der Waals surface area (Å²) < 4.78 is 23.9. The molecule has 1 aromatic heterocycles. The number of halogens is 2. The second-order valence-corrected chi connectivity index (χ2v) is 8.36. The first-order valence-corrected chi connectivity index (χ1v) is 10.0. The molecule has 0 unspecified atom stereocenters. The predicted octanol–water partition coefficient (Wildman–Crippen LogP) is 3.35. The van der Waals surface area contributed by atoms with Crippen molar-refractivity contribution in [3.8, 4) is 0 Å². The molecule has 0 aliphatic heterocycles. The third kappa shape index (κ3) is 5.13. The van der Waals surface area contributed by atoms with E-state index in [0.29, 0.717) is 23.2 Å². The molecule has 0 aliphatic carbocycles. The minimum absolute atomic E-state index is 0. The van der Waals surface area contributed by atoms with E-state index < -0.39 is 10.0 Å². The predicted molar refractivity (Wildman–Crippen MR) is 105 cm³/mol. The molecule has 0 amide bonds. The molecule has 0 radical (unpaired) electrons. The summed E-state index contributed by atoms with van der Waals surface area (Å²) in [5.41, 5.74) is 1.78. The molecule has 0 saturated heterocycles. The van der Waals surface area contributed by atoms with Crippen molar-refractivity contribution >= 4 is 55.6 Å². The van der Waals surface area contributed by atoms with Gasteiger partial charge in [-0.3, -0.25) is 0 Å². The fraction of sp³-hybridized carbons (Fsp3) is 0.188. The van der Waals surface area contributed by atoms with Gasteiger partial charge in [-0.05, 0) is 29.8 Å². The Bertz CT molecular complexity index is 974. The van der Waals surface area contributed by atoms with Gasteiger partial charge in [-0.25, -0.2) is 18.5 Å². The van der Waals surface area contributed by atoms with Gasteiger partial charge in [0.05, 0.1) is 15.2 Å². The summed E-state index contributed by atoms with van der Waals surface area (Å²) >= 11 is 7.32. The van der Waals surface area contributed by atoms with Gasteiger partial charge in [0.25, 0.3) is 0 Å². The molecular formula is C16H17Cl2N3O2S2. The zero-order valence-corrected chi connectivity index (χ0v) is 16.3. The molecule has 134 valence electrons. The molecule has 2 aromatic carbocycles. The van der Waals surface area contributed by atoms with Crippen molar-refractivity contribution in [1.82, 2.24) is 10.3 Å². The zero-order valence-electron chi connectivity index (χ0n) is 13.1. The Balaban J connectivity index is 0.00000225. The van der Waals surface area contributed by atoms with E-state index in [1.54, 1.807) is 12.1 Å². The van der Waals surface area contributed by atoms with Crippen LogP contribution in [0.1, 0.15) is 10.6 Å². The minimum Gasteiger partial charge on any atom is -0.312 e. The monoisotopic (exact) mass is 417 g/mol. The Morgan fingerprint density at radius 1 is 1.20 bits per heavy atom. The van der Waals surface area contributed by atoms with E-state index in [2.05, 4.69) is 10.3 Å². The first-order chi connectivity index (χ1) is 11.4. The summed E-state index contributed by atoms with van der Waals surface area (Å²) in [4.78, 5) is 4.62. The van der Waals surface area contributed by atoms with Crippen molar-refractivity contribution in [2.24, 2.45) is 5.14 Å². The molecule has 5 nitrogen and oxygen atoms in total. The smallest absolute Gasteiger partial charge is 0.239 e. The molecule has 0 atom stereocenters. The van der Waals surface area contributed by atoms with Crippen LogP contribution >= 0.6 is 35.3 Å². The molecular weight excluding hydrogens is 401 g/mol. The summed E-state index contributed by atoms with van der Waals surface area (Å²) in [5, 5.41) is 10.2. The van der Waals surface area contributed by atoms with Crippen LogP contribution in [0.4, 0.5) is 0 Å². The number of nitrogens with two attached hydrogens (primary N) is 1. The second-order valence-electron chi connectivity index (χ2n) is 5.31. The summed E-state index contributed by atoms with van der Waals surface area (Å²) in [5.74, 6) is 0. The number of benzene rings is 2. The largest absolute Gasteiger partial charge is 0.312 e. The lowest BCUT2D eigenvalue weighted by Crippen LogP contribution is -2.16. The van der Waals surface area contributed by atoms with Crippen molar-refractivity contribution in [2.75, 3.05) is 6.54 Å². The van der Waals surface area contributed by atoms with Crippen LogP contribution in [0.15, 0.2) is 47.4 Å². The number of nitrogens with one attached hydrogen (secondary N) is 1. The van der Waals surface area contributed by atoms with Gasteiger partial charge in [0.15, 0.2) is 0 Å². The number of hydrogen-bond donors (Lipinski definition) is 2. The molecule has 3 rings (SSSR count). The van der Waals surface area contributed by atoms with Gasteiger partial charge in [-0.15, -0.1) is 23.7 Å². The Morgan fingerprint density at radius 3 is 2.68 bits per heavy atom. The number of rotatable bonds is 6. The van der Waals surface area contributed by atoms with Crippen LogP contribution in [0.3, 0.4) is 0 Å². The molecule has 0 aliphatic rings. The molecule has 0 saturated carbocycles.